The quantitative estimate of drug-likeness (QED) is 0.607. The minimum Gasteiger partial charge on any atom is -0.496 e. The van der Waals surface area contributed by atoms with Gasteiger partial charge in [0.1, 0.15) is 23.0 Å². The first kappa shape index (κ1) is 17.9. The van der Waals surface area contributed by atoms with E-state index >= 15 is 0 Å². The molecule has 1 unspecified atom stereocenters. The van der Waals surface area contributed by atoms with Gasteiger partial charge in [-0.3, -0.25) is 9.69 Å². The molecule has 1 amide bonds. The van der Waals surface area contributed by atoms with E-state index in [0.29, 0.717) is 25.6 Å². The average molecular weight is 406 g/mol. The van der Waals surface area contributed by atoms with Gasteiger partial charge in [-0.1, -0.05) is 0 Å². The molecule has 3 aromatic rings. The molecule has 5 heterocycles. The monoisotopic (exact) mass is 406 g/mol. The minimum atomic E-state index is -0.491. The van der Waals surface area contributed by atoms with Gasteiger partial charge >= 0.3 is 0 Å². The largest absolute Gasteiger partial charge is 0.496 e. The Labute approximate surface area is 173 Å². The lowest BCUT2D eigenvalue weighted by Crippen LogP contribution is -2.26. The molecule has 2 aliphatic heterocycles. The van der Waals surface area contributed by atoms with Crippen molar-refractivity contribution in [3.05, 3.63) is 41.9 Å². The van der Waals surface area contributed by atoms with Crippen LogP contribution in [0.15, 0.2) is 30.6 Å². The van der Waals surface area contributed by atoms with Gasteiger partial charge in [0.2, 0.25) is 6.41 Å². The lowest BCUT2D eigenvalue weighted by atomic mass is 9.96. The van der Waals surface area contributed by atoms with Crippen molar-refractivity contribution in [2.75, 3.05) is 25.2 Å². The molecule has 8 nitrogen and oxygen atoms in total. The summed E-state index contributed by atoms with van der Waals surface area (Å²) in [5.41, 5.74) is 2.34. The van der Waals surface area contributed by atoms with Crippen molar-refractivity contribution in [2.45, 2.75) is 37.5 Å². The first-order valence-corrected chi connectivity index (χ1v) is 10.2. The van der Waals surface area contributed by atoms with Crippen LogP contribution in [0.1, 0.15) is 30.5 Å². The molecule has 1 aliphatic carbocycles. The van der Waals surface area contributed by atoms with E-state index in [0.717, 1.165) is 59.4 Å². The molecule has 1 saturated heterocycles. The number of hydrogen-bond donors (Lipinski definition) is 0. The van der Waals surface area contributed by atoms with Crippen LogP contribution < -0.4 is 9.64 Å². The second kappa shape index (κ2) is 6.52. The smallest absolute Gasteiger partial charge is 0.215 e. The SMILES string of the molecule is COc1cc(-n2ccc3cnc(N(C=O)C4CC4)cc32)nc2c1COC21CCOC1. The minimum absolute atomic E-state index is 0.258. The number of ether oxygens (including phenoxy) is 3. The summed E-state index contributed by atoms with van der Waals surface area (Å²) in [6.07, 6.45) is 7.48. The van der Waals surface area contributed by atoms with Crippen molar-refractivity contribution in [1.82, 2.24) is 14.5 Å². The first-order valence-electron chi connectivity index (χ1n) is 10.2. The second-order valence-electron chi connectivity index (χ2n) is 8.13. The Bertz CT molecular complexity index is 1150. The average Bonchev–Trinajstić information content (AvgIpc) is 3.20. The Morgan fingerprint density at radius 3 is 3.00 bits per heavy atom. The van der Waals surface area contributed by atoms with Crippen molar-refractivity contribution >= 4 is 23.1 Å². The van der Waals surface area contributed by atoms with Gasteiger partial charge in [0.25, 0.3) is 0 Å². The van der Waals surface area contributed by atoms with Crippen LogP contribution in [-0.2, 0) is 26.5 Å². The van der Waals surface area contributed by atoms with Crippen LogP contribution in [0.3, 0.4) is 0 Å². The van der Waals surface area contributed by atoms with Crippen LogP contribution in [0.4, 0.5) is 5.82 Å². The number of carbonyl (C=O) groups excluding carboxylic acids is 1. The molecule has 1 atom stereocenters. The third-order valence-corrected chi connectivity index (χ3v) is 6.32. The van der Waals surface area contributed by atoms with E-state index in [1.165, 1.54) is 0 Å². The number of carbonyl (C=O) groups is 1. The summed E-state index contributed by atoms with van der Waals surface area (Å²) in [5, 5.41) is 0.983. The molecule has 0 aromatic carbocycles. The number of hydrogen-bond acceptors (Lipinski definition) is 6. The highest BCUT2D eigenvalue weighted by atomic mass is 16.6. The predicted octanol–water partition coefficient (Wildman–Crippen LogP) is 2.70. The molecule has 0 radical (unpaired) electrons. The van der Waals surface area contributed by atoms with Gasteiger partial charge in [-0.15, -0.1) is 0 Å². The molecule has 8 heteroatoms. The Hall–Kier alpha value is -2.97. The molecule has 3 aromatic heterocycles. The molecule has 154 valence electrons. The maximum Gasteiger partial charge on any atom is 0.215 e. The Morgan fingerprint density at radius 1 is 1.37 bits per heavy atom. The van der Waals surface area contributed by atoms with Gasteiger partial charge in [0, 0.05) is 54.5 Å². The fourth-order valence-corrected chi connectivity index (χ4v) is 4.52. The lowest BCUT2D eigenvalue weighted by Gasteiger charge is -2.21. The maximum absolute atomic E-state index is 11.6. The van der Waals surface area contributed by atoms with Gasteiger partial charge in [-0.25, -0.2) is 9.97 Å². The molecule has 0 N–H and O–H groups in total. The highest BCUT2D eigenvalue weighted by Gasteiger charge is 2.46. The van der Waals surface area contributed by atoms with Crippen molar-refractivity contribution in [3.8, 4) is 11.6 Å². The van der Waals surface area contributed by atoms with E-state index in [1.807, 2.05) is 29.0 Å². The van der Waals surface area contributed by atoms with Gasteiger partial charge in [0.15, 0.2) is 0 Å². The highest BCUT2D eigenvalue weighted by Crippen LogP contribution is 2.45. The molecule has 3 aliphatic rings. The number of fused-ring (bicyclic) bond motifs is 3. The maximum atomic E-state index is 11.6. The van der Waals surface area contributed by atoms with Crippen molar-refractivity contribution in [1.29, 1.82) is 0 Å². The summed E-state index contributed by atoms with van der Waals surface area (Å²) in [6, 6.07) is 6.15. The first-order chi connectivity index (χ1) is 14.7. The number of rotatable bonds is 5. The number of methoxy groups -OCH3 is 1. The van der Waals surface area contributed by atoms with E-state index in [2.05, 4.69) is 4.98 Å². The molecule has 0 bridgehead atoms. The number of pyridine rings is 2. The third-order valence-electron chi connectivity index (χ3n) is 6.32. The summed E-state index contributed by atoms with van der Waals surface area (Å²) < 4.78 is 19.5. The lowest BCUT2D eigenvalue weighted by molar-refractivity contribution is -0.107. The summed E-state index contributed by atoms with van der Waals surface area (Å²) in [5.74, 6) is 2.18. The summed E-state index contributed by atoms with van der Waals surface area (Å²) in [4.78, 5) is 22.8. The zero-order valence-corrected chi connectivity index (χ0v) is 16.7. The summed E-state index contributed by atoms with van der Waals surface area (Å²) >= 11 is 0. The van der Waals surface area contributed by atoms with Crippen LogP contribution >= 0.6 is 0 Å². The molecular formula is C22H22N4O4. The normalized spacial score (nSPS) is 22.6. The zero-order valence-electron chi connectivity index (χ0n) is 16.7. The van der Waals surface area contributed by atoms with Gasteiger partial charge in [-0.05, 0) is 18.9 Å². The van der Waals surface area contributed by atoms with E-state index in [-0.39, 0.29) is 6.04 Å². The van der Waals surface area contributed by atoms with Gasteiger partial charge in [-0.2, -0.15) is 0 Å². The van der Waals surface area contributed by atoms with Crippen LogP contribution in [0, 0.1) is 0 Å². The van der Waals surface area contributed by atoms with E-state index in [4.69, 9.17) is 19.2 Å². The van der Waals surface area contributed by atoms with Crippen molar-refractivity contribution in [3.63, 3.8) is 0 Å². The third kappa shape index (κ3) is 2.57. The molecule has 2 fully saturated rings. The van der Waals surface area contributed by atoms with Crippen LogP contribution in [0.5, 0.6) is 5.75 Å². The summed E-state index contributed by atoms with van der Waals surface area (Å²) in [6.45, 7) is 1.65. The van der Waals surface area contributed by atoms with E-state index in [9.17, 15) is 4.79 Å². The number of amides is 1. The molecular weight excluding hydrogens is 384 g/mol. The van der Waals surface area contributed by atoms with Crippen molar-refractivity contribution < 1.29 is 19.0 Å². The fourth-order valence-electron chi connectivity index (χ4n) is 4.52. The molecule has 6 rings (SSSR count). The Kier molecular flexibility index (Phi) is 3.88. The van der Waals surface area contributed by atoms with E-state index in [1.54, 1.807) is 18.2 Å². The standard InChI is InChI=1S/C22H22N4O4/c1-28-18-9-20(24-21-16(18)11-30-22(21)5-7-29-12-22)25-6-4-14-10-23-19(8-17(14)25)26(13-27)15-2-3-15/h4,6,8-10,13,15H,2-3,5,7,11-12H2,1H3. The number of nitrogens with zero attached hydrogens (tertiary/aromatic N) is 4. The van der Waals surface area contributed by atoms with Crippen LogP contribution in [-0.4, -0.2) is 47.3 Å². The molecule has 1 saturated carbocycles. The molecule has 1 spiro atoms. The van der Waals surface area contributed by atoms with Crippen molar-refractivity contribution in [2.24, 2.45) is 0 Å². The topological polar surface area (TPSA) is 78.7 Å². The Morgan fingerprint density at radius 2 is 2.27 bits per heavy atom. The van der Waals surface area contributed by atoms with E-state index < -0.39 is 5.60 Å². The zero-order chi connectivity index (χ0) is 20.3. The molecule has 30 heavy (non-hydrogen) atoms. The highest BCUT2D eigenvalue weighted by molar-refractivity contribution is 5.86. The summed E-state index contributed by atoms with van der Waals surface area (Å²) in [7, 11) is 1.67. The second-order valence-corrected chi connectivity index (χ2v) is 8.13. The number of aromatic nitrogens is 3. The fraction of sp³-hybridized carbons (Fsp3) is 0.409. The van der Waals surface area contributed by atoms with Crippen LogP contribution in [0.25, 0.3) is 16.7 Å². The number of anilines is 1. The Balaban J connectivity index is 1.50. The van der Waals surface area contributed by atoms with Gasteiger partial charge < -0.3 is 18.8 Å². The van der Waals surface area contributed by atoms with Gasteiger partial charge in [0.05, 0.1) is 31.5 Å². The predicted molar refractivity (Wildman–Crippen MR) is 109 cm³/mol. The van der Waals surface area contributed by atoms with Crippen LogP contribution in [0.2, 0.25) is 0 Å².